The van der Waals surface area contributed by atoms with Crippen molar-refractivity contribution in [3.63, 3.8) is 0 Å². The van der Waals surface area contributed by atoms with E-state index >= 15 is 0 Å². The minimum atomic E-state index is 0.428. The van der Waals surface area contributed by atoms with Gasteiger partial charge in [-0.1, -0.05) is 17.7 Å². The molecule has 2 N–H and O–H groups in total. The zero-order chi connectivity index (χ0) is 12.3. The maximum Gasteiger partial charge on any atom is 0.129 e. The van der Waals surface area contributed by atoms with E-state index in [4.69, 9.17) is 15.7 Å². The summed E-state index contributed by atoms with van der Waals surface area (Å²) in [7, 11) is 0. The highest BCUT2D eigenvalue weighted by atomic mass is 16.5. The molecule has 0 unspecified atom stereocenters. The van der Waals surface area contributed by atoms with Crippen molar-refractivity contribution in [3.05, 3.63) is 53.6 Å². The van der Waals surface area contributed by atoms with Gasteiger partial charge >= 0.3 is 0 Å². The topological polar surface area (TPSA) is 59.0 Å². The predicted octanol–water partition coefficient (Wildman–Crippen LogP) is 3.24. The van der Waals surface area contributed by atoms with Gasteiger partial charge in [-0.3, -0.25) is 0 Å². The molecule has 2 rings (SSSR count). The van der Waals surface area contributed by atoms with Gasteiger partial charge in [0.05, 0.1) is 11.3 Å². The highest BCUT2D eigenvalue weighted by Gasteiger charge is 2.01. The number of nitrogen functional groups attached to an aromatic ring is 1. The fourth-order valence-corrected chi connectivity index (χ4v) is 1.45. The van der Waals surface area contributed by atoms with Gasteiger partial charge in [-0.05, 0) is 31.2 Å². The summed E-state index contributed by atoms with van der Waals surface area (Å²) in [6.45, 7) is 2.02. The number of aryl methyl sites for hydroxylation is 1. The molecule has 0 aliphatic carbocycles. The van der Waals surface area contributed by atoms with Gasteiger partial charge in [0.1, 0.15) is 17.6 Å². The van der Waals surface area contributed by atoms with Gasteiger partial charge in [0, 0.05) is 6.07 Å². The number of anilines is 1. The molecule has 3 heteroatoms. The molecule has 0 saturated carbocycles. The fraction of sp³-hybridized carbons (Fsp3) is 0.0714. The van der Waals surface area contributed by atoms with Gasteiger partial charge in [-0.2, -0.15) is 5.26 Å². The summed E-state index contributed by atoms with van der Waals surface area (Å²) in [6.07, 6.45) is 0. The fourth-order valence-electron chi connectivity index (χ4n) is 1.45. The molecule has 3 nitrogen and oxygen atoms in total. The van der Waals surface area contributed by atoms with Gasteiger partial charge in [0.15, 0.2) is 0 Å². The summed E-state index contributed by atoms with van der Waals surface area (Å²) in [6, 6.07) is 14.8. The first-order valence-electron chi connectivity index (χ1n) is 5.23. The molecule has 84 valence electrons. The normalized spacial score (nSPS) is 9.65. The van der Waals surface area contributed by atoms with Crippen LogP contribution in [0.1, 0.15) is 11.1 Å². The van der Waals surface area contributed by atoms with Crippen molar-refractivity contribution < 1.29 is 4.74 Å². The third kappa shape index (κ3) is 2.56. The van der Waals surface area contributed by atoms with E-state index < -0.39 is 0 Å². The number of nitriles is 1. The zero-order valence-corrected chi connectivity index (χ0v) is 9.47. The van der Waals surface area contributed by atoms with Gasteiger partial charge in [0.2, 0.25) is 0 Å². The summed E-state index contributed by atoms with van der Waals surface area (Å²) >= 11 is 0. The van der Waals surface area contributed by atoms with Crippen LogP contribution < -0.4 is 10.5 Å². The molecular formula is C14H12N2O. The molecule has 0 heterocycles. The maximum absolute atomic E-state index is 8.76. The van der Waals surface area contributed by atoms with Crippen LogP contribution in [0.25, 0.3) is 0 Å². The Labute approximate surface area is 100 Å². The van der Waals surface area contributed by atoms with Crippen LogP contribution in [0.3, 0.4) is 0 Å². The van der Waals surface area contributed by atoms with Gasteiger partial charge in [-0.25, -0.2) is 0 Å². The molecule has 0 spiro atoms. The summed E-state index contributed by atoms with van der Waals surface area (Å²) in [5, 5.41) is 8.76. The average molecular weight is 224 g/mol. The number of hydrogen-bond acceptors (Lipinski definition) is 3. The van der Waals surface area contributed by atoms with Gasteiger partial charge in [-0.15, -0.1) is 0 Å². The number of benzene rings is 2. The molecular weight excluding hydrogens is 212 g/mol. The van der Waals surface area contributed by atoms with Gasteiger partial charge < -0.3 is 10.5 Å². The van der Waals surface area contributed by atoms with Crippen molar-refractivity contribution in [1.29, 1.82) is 5.26 Å². The molecule has 0 aliphatic rings. The second-order valence-corrected chi connectivity index (χ2v) is 3.78. The highest BCUT2D eigenvalue weighted by Crippen LogP contribution is 2.25. The Hall–Kier alpha value is -2.47. The van der Waals surface area contributed by atoms with E-state index in [0.29, 0.717) is 17.0 Å². The molecule has 0 radical (unpaired) electrons. The number of hydrogen-bond donors (Lipinski definition) is 1. The quantitative estimate of drug-likeness (QED) is 0.796. The molecule has 17 heavy (non-hydrogen) atoms. The predicted molar refractivity (Wildman–Crippen MR) is 66.8 cm³/mol. The molecule has 0 aromatic heterocycles. The lowest BCUT2D eigenvalue weighted by Gasteiger charge is -2.07. The van der Waals surface area contributed by atoms with E-state index in [0.717, 1.165) is 5.75 Å². The molecule has 2 aromatic rings. The van der Waals surface area contributed by atoms with Crippen molar-refractivity contribution in [1.82, 2.24) is 0 Å². The summed E-state index contributed by atoms with van der Waals surface area (Å²) in [5.74, 6) is 1.38. The monoisotopic (exact) mass is 224 g/mol. The Morgan fingerprint density at radius 2 is 1.71 bits per heavy atom. The van der Waals surface area contributed by atoms with Crippen LogP contribution in [0.4, 0.5) is 5.69 Å². The van der Waals surface area contributed by atoms with Crippen LogP contribution in [0.15, 0.2) is 42.5 Å². The van der Waals surface area contributed by atoms with Crippen molar-refractivity contribution in [2.45, 2.75) is 6.92 Å². The van der Waals surface area contributed by atoms with E-state index in [2.05, 4.69) is 0 Å². The molecule has 2 aromatic carbocycles. The first-order valence-corrected chi connectivity index (χ1v) is 5.23. The standard InChI is InChI=1S/C14H12N2O/c1-10-2-5-12(6-3-10)17-13-7-4-11(9-15)14(16)8-13/h2-8H,16H2,1H3. The van der Waals surface area contributed by atoms with Crippen LogP contribution in [0.2, 0.25) is 0 Å². The number of nitrogens with two attached hydrogens (primary N) is 1. The Morgan fingerprint density at radius 3 is 2.29 bits per heavy atom. The lowest BCUT2D eigenvalue weighted by Crippen LogP contribution is -1.91. The Balaban J connectivity index is 2.22. The minimum Gasteiger partial charge on any atom is -0.457 e. The van der Waals surface area contributed by atoms with Crippen LogP contribution in [0.5, 0.6) is 11.5 Å². The number of nitrogens with zero attached hydrogens (tertiary/aromatic N) is 1. The minimum absolute atomic E-state index is 0.428. The second-order valence-electron chi connectivity index (χ2n) is 3.78. The first-order chi connectivity index (χ1) is 8.19. The molecule has 0 aliphatic heterocycles. The second kappa shape index (κ2) is 4.58. The van der Waals surface area contributed by atoms with E-state index in [1.807, 2.05) is 37.3 Å². The lowest BCUT2D eigenvalue weighted by atomic mass is 10.2. The lowest BCUT2D eigenvalue weighted by molar-refractivity contribution is 0.483. The molecule has 0 fully saturated rings. The summed E-state index contributed by atoms with van der Waals surface area (Å²) in [5.41, 5.74) is 7.77. The van der Waals surface area contributed by atoms with Crippen molar-refractivity contribution in [2.24, 2.45) is 0 Å². The zero-order valence-electron chi connectivity index (χ0n) is 9.47. The van der Waals surface area contributed by atoms with Gasteiger partial charge in [0.25, 0.3) is 0 Å². The van der Waals surface area contributed by atoms with Crippen LogP contribution in [-0.4, -0.2) is 0 Å². The highest BCUT2D eigenvalue weighted by molar-refractivity contribution is 5.57. The van der Waals surface area contributed by atoms with Crippen LogP contribution >= 0.6 is 0 Å². The van der Waals surface area contributed by atoms with Crippen LogP contribution in [0, 0.1) is 18.3 Å². The van der Waals surface area contributed by atoms with Crippen molar-refractivity contribution >= 4 is 5.69 Å². The van der Waals surface area contributed by atoms with E-state index in [9.17, 15) is 0 Å². The first kappa shape index (κ1) is 11.0. The van der Waals surface area contributed by atoms with Crippen molar-refractivity contribution in [3.8, 4) is 17.6 Å². The molecule has 0 saturated heterocycles. The summed E-state index contributed by atoms with van der Waals surface area (Å²) in [4.78, 5) is 0. The molecule has 0 atom stereocenters. The average Bonchev–Trinajstić information content (AvgIpc) is 2.32. The summed E-state index contributed by atoms with van der Waals surface area (Å²) < 4.78 is 5.62. The Morgan fingerprint density at radius 1 is 1.06 bits per heavy atom. The third-order valence-electron chi connectivity index (χ3n) is 2.40. The maximum atomic E-state index is 8.76. The SMILES string of the molecule is Cc1ccc(Oc2ccc(C#N)c(N)c2)cc1. The molecule has 0 bridgehead atoms. The van der Waals surface area contributed by atoms with E-state index in [1.165, 1.54) is 5.56 Å². The smallest absolute Gasteiger partial charge is 0.129 e. The Kier molecular flexibility index (Phi) is 2.97. The number of rotatable bonds is 2. The third-order valence-corrected chi connectivity index (χ3v) is 2.40. The van der Waals surface area contributed by atoms with Crippen molar-refractivity contribution in [2.75, 3.05) is 5.73 Å². The van der Waals surface area contributed by atoms with Crippen LogP contribution in [-0.2, 0) is 0 Å². The van der Waals surface area contributed by atoms with E-state index in [-0.39, 0.29) is 0 Å². The molecule has 0 amide bonds. The Bertz CT molecular complexity index is 568. The largest absolute Gasteiger partial charge is 0.457 e. The number of ether oxygens (including phenoxy) is 1. The van der Waals surface area contributed by atoms with E-state index in [1.54, 1.807) is 18.2 Å².